The predicted molar refractivity (Wildman–Crippen MR) is 82.9 cm³/mol. The number of hydrogen-bond donors (Lipinski definition) is 2. The SMILES string of the molecule is CCCNC(C)(CCCSC1CCCCC1)C(=O)O. The van der Waals surface area contributed by atoms with Crippen molar-refractivity contribution >= 4 is 17.7 Å². The minimum atomic E-state index is -0.747. The first kappa shape index (κ1) is 16.8. The average Bonchev–Trinajstić information content (AvgIpc) is 2.42. The molecule has 2 N–H and O–H groups in total. The molecule has 1 fully saturated rings. The van der Waals surface area contributed by atoms with Gasteiger partial charge in [-0.3, -0.25) is 4.79 Å². The molecule has 1 unspecified atom stereocenters. The second-order valence-electron chi connectivity index (χ2n) is 5.80. The third-order valence-corrected chi connectivity index (χ3v) is 5.43. The second-order valence-corrected chi connectivity index (χ2v) is 7.21. The van der Waals surface area contributed by atoms with Gasteiger partial charge in [0.1, 0.15) is 5.54 Å². The van der Waals surface area contributed by atoms with Gasteiger partial charge in [-0.05, 0) is 51.3 Å². The van der Waals surface area contributed by atoms with E-state index in [-0.39, 0.29) is 0 Å². The van der Waals surface area contributed by atoms with Gasteiger partial charge in [-0.25, -0.2) is 0 Å². The van der Waals surface area contributed by atoms with E-state index in [0.29, 0.717) is 0 Å². The van der Waals surface area contributed by atoms with Crippen LogP contribution in [0.1, 0.15) is 65.2 Å². The van der Waals surface area contributed by atoms with Gasteiger partial charge in [0.05, 0.1) is 0 Å². The van der Waals surface area contributed by atoms with Crippen LogP contribution in [-0.2, 0) is 4.79 Å². The van der Waals surface area contributed by atoms with Gasteiger partial charge in [-0.1, -0.05) is 26.2 Å². The molecular formula is C15H29NO2S. The normalized spacial score (nSPS) is 20.1. The fourth-order valence-electron chi connectivity index (χ4n) is 2.58. The van der Waals surface area contributed by atoms with Crippen LogP contribution in [0.5, 0.6) is 0 Å². The Morgan fingerprint density at radius 3 is 2.63 bits per heavy atom. The van der Waals surface area contributed by atoms with E-state index in [9.17, 15) is 9.90 Å². The van der Waals surface area contributed by atoms with Crippen molar-refractivity contribution in [3.05, 3.63) is 0 Å². The van der Waals surface area contributed by atoms with E-state index >= 15 is 0 Å². The molecule has 0 aromatic carbocycles. The van der Waals surface area contributed by atoms with Gasteiger partial charge in [0.2, 0.25) is 0 Å². The summed E-state index contributed by atoms with van der Waals surface area (Å²) < 4.78 is 0. The highest BCUT2D eigenvalue weighted by molar-refractivity contribution is 7.99. The second kappa shape index (κ2) is 8.85. The average molecular weight is 287 g/mol. The molecule has 1 aliphatic carbocycles. The number of carboxylic acids is 1. The molecule has 1 atom stereocenters. The molecule has 0 spiro atoms. The van der Waals surface area contributed by atoms with Crippen molar-refractivity contribution in [1.29, 1.82) is 0 Å². The molecule has 19 heavy (non-hydrogen) atoms. The lowest BCUT2D eigenvalue weighted by Gasteiger charge is -2.27. The van der Waals surface area contributed by atoms with Crippen molar-refractivity contribution in [3.8, 4) is 0 Å². The van der Waals surface area contributed by atoms with Crippen LogP contribution in [0.25, 0.3) is 0 Å². The van der Waals surface area contributed by atoms with Gasteiger partial charge >= 0.3 is 5.97 Å². The highest BCUT2D eigenvalue weighted by atomic mass is 32.2. The van der Waals surface area contributed by atoms with Crippen molar-refractivity contribution in [1.82, 2.24) is 5.32 Å². The van der Waals surface area contributed by atoms with Crippen LogP contribution in [0.3, 0.4) is 0 Å². The van der Waals surface area contributed by atoms with Gasteiger partial charge < -0.3 is 10.4 Å². The lowest BCUT2D eigenvalue weighted by atomic mass is 9.96. The Morgan fingerprint density at radius 2 is 2.05 bits per heavy atom. The first-order chi connectivity index (χ1) is 9.08. The summed E-state index contributed by atoms with van der Waals surface area (Å²) in [6.45, 7) is 4.66. The van der Waals surface area contributed by atoms with Crippen LogP contribution in [-0.4, -0.2) is 34.2 Å². The molecule has 0 saturated heterocycles. The van der Waals surface area contributed by atoms with Crippen LogP contribution in [0.4, 0.5) is 0 Å². The maximum Gasteiger partial charge on any atom is 0.323 e. The Kier molecular flexibility index (Phi) is 7.84. The molecule has 0 heterocycles. The zero-order valence-electron chi connectivity index (χ0n) is 12.4. The molecule has 1 rings (SSSR count). The number of aliphatic carboxylic acids is 1. The van der Waals surface area contributed by atoms with Gasteiger partial charge in [0.25, 0.3) is 0 Å². The summed E-state index contributed by atoms with van der Waals surface area (Å²) in [4.78, 5) is 11.4. The van der Waals surface area contributed by atoms with E-state index < -0.39 is 11.5 Å². The highest BCUT2D eigenvalue weighted by Gasteiger charge is 2.31. The number of hydrogen-bond acceptors (Lipinski definition) is 3. The van der Waals surface area contributed by atoms with Crippen LogP contribution in [0.2, 0.25) is 0 Å². The molecule has 4 heteroatoms. The molecule has 0 amide bonds. The summed E-state index contributed by atoms with van der Waals surface area (Å²) in [6.07, 6.45) is 9.55. The van der Waals surface area contributed by atoms with E-state index in [2.05, 4.69) is 24.0 Å². The zero-order chi connectivity index (χ0) is 14.1. The molecule has 0 radical (unpaired) electrons. The minimum absolute atomic E-state index is 0.719. The quantitative estimate of drug-likeness (QED) is 0.635. The molecule has 112 valence electrons. The van der Waals surface area contributed by atoms with Gasteiger partial charge in [-0.2, -0.15) is 11.8 Å². The predicted octanol–water partition coefficient (Wildman–Crippen LogP) is 3.68. The highest BCUT2D eigenvalue weighted by Crippen LogP contribution is 2.29. The van der Waals surface area contributed by atoms with E-state index in [1.165, 1.54) is 32.1 Å². The van der Waals surface area contributed by atoms with E-state index in [4.69, 9.17) is 0 Å². The van der Waals surface area contributed by atoms with Crippen LogP contribution < -0.4 is 5.32 Å². The standard InChI is InChI=1S/C15H29NO2S/c1-3-11-16-15(2,14(17)18)10-7-12-19-13-8-5-4-6-9-13/h13,16H,3-12H2,1-2H3,(H,17,18). The Labute approximate surface area is 121 Å². The third kappa shape index (κ3) is 6.17. The fraction of sp³-hybridized carbons (Fsp3) is 0.933. The van der Waals surface area contributed by atoms with E-state index in [1.807, 2.05) is 6.92 Å². The first-order valence-corrected chi connectivity index (χ1v) is 8.73. The molecule has 3 nitrogen and oxygen atoms in total. The van der Waals surface area contributed by atoms with Crippen LogP contribution in [0, 0.1) is 0 Å². The van der Waals surface area contributed by atoms with E-state index in [0.717, 1.165) is 36.8 Å². The van der Waals surface area contributed by atoms with Crippen LogP contribution in [0.15, 0.2) is 0 Å². The third-order valence-electron chi connectivity index (χ3n) is 3.96. The molecule has 0 aliphatic heterocycles. The number of nitrogens with one attached hydrogen (secondary N) is 1. The largest absolute Gasteiger partial charge is 0.480 e. The summed E-state index contributed by atoms with van der Waals surface area (Å²) in [5.74, 6) is 0.380. The van der Waals surface area contributed by atoms with Gasteiger partial charge in [0.15, 0.2) is 0 Å². The molecule has 1 saturated carbocycles. The van der Waals surface area contributed by atoms with E-state index in [1.54, 1.807) is 0 Å². The monoisotopic (exact) mass is 287 g/mol. The Hall–Kier alpha value is -0.220. The number of thioether (sulfide) groups is 1. The molecule has 0 aromatic heterocycles. The number of rotatable bonds is 9. The first-order valence-electron chi connectivity index (χ1n) is 7.68. The van der Waals surface area contributed by atoms with Crippen molar-refractivity contribution in [2.45, 2.75) is 76.0 Å². The summed E-state index contributed by atoms with van der Waals surface area (Å²) in [5.41, 5.74) is -0.747. The van der Waals surface area contributed by atoms with Gasteiger partial charge in [-0.15, -0.1) is 0 Å². The Balaban J connectivity index is 2.22. The topological polar surface area (TPSA) is 49.3 Å². The van der Waals surface area contributed by atoms with Crippen molar-refractivity contribution in [2.24, 2.45) is 0 Å². The lowest BCUT2D eigenvalue weighted by Crippen LogP contribution is -2.49. The zero-order valence-corrected chi connectivity index (χ0v) is 13.2. The molecule has 1 aliphatic rings. The Morgan fingerprint density at radius 1 is 1.37 bits per heavy atom. The number of carbonyl (C=O) groups is 1. The smallest absolute Gasteiger partial charge is 0.323 e. The molecule has 0 aromatic rings. The van der Waals surface area contributed by atoms with Crippen LogP contribution >= 0.6 is 11.8 Å². The molecular weight excluding hydrogens is 258 g/mol. The maximum absolute atomic E-state index is 11.4. The summed E-state index contributed by atoms with van der Waals surface area (Å²) >= 11 is 2.05. The van der Waals surface area contributed by atoms with Crippen molar-refractivity contribution in [3.63, 3.8) is 0 Å². The fourth-order valence-corrected chi connectivity index (χ4v) is 3.89. The maximum atomic E-state index is 11.4. The van der Waals surface area contributed by atoms with Crippen molar-refractivity contribution < 1.29 is 9.90 Å². The minimum Gasteiger partial charge on any atom is -0.480 e. The summed E-state index contributed by atoms with van der Waals surface area (Å²) in [5, 5.41) is 13.3. The summed E-state index contributed by atoms with van der Waals surface area (Å²) in [6, 6.07) is 0. The lowest BCUT2D eigenvalue weighted by molar-refractivity contribution is -0.144. The Bertz CT molecular complexity index is 267. The van der Waals surface area contributed by atoms with Crippen molar-refractivity contribution in [2.75, 3.05) is 12.3 Å². The molecule has 0 bridgehead atoms. The number of carboxylic acid groups (broad SMARTS) is 1. The summed E-state index contributed by atoms with van der Waals surface area (Å²) in [7, 11) is 0. The van der Waals surface area contributed by atoms with Gasteiger partial charge in [0, 0.05) is 5.25 Å².